The summed E-state index contributed by atoms with van der Waals surface area (Å²) in [6.07, 6.45) is 3.55. The van der Waals surface area contributed by atoms with Gasteiger partial charge in [-0.1, -0.05) is 12.1 Å². The van der Waals surface area contributed by atoms with E-state index >= 15 is 0 Å². The molecule has 0 aliphatic carbocycles. The first-order valence-electron chi connectivity index (χ1n) is 10.8. The summed E-state index contributed by atoms with van der Waals surface area (Å²) in [6.45, 7) is 8.53. The highest BCUT2D eigenvalue weighted by Crippen LogP contribution is 2.16. The zero-order chi connectivity index (χ0) is 23.1. The highest BCUT2D eigenvalue weighted by atomic mass is 16.2. The van der Waals surface area contributed by atoms with Crippen molar-refractivity contribution in [2.75, 3.05) is 36.4 Å². The van der Waals surface area contributed by atoms with Crippen LogP contribution in [0.3, 0.4) is 0 Å². The number of aliphatic imine (C=N–C) groups is 1. The maximum atomic E-state index is 12.7. The summed E-state index contributed by atoms with van der Waals surface area (Å²) in [5, 5.41) is 13.0. The molecule has 2 aromatic rings. The molecule has 3 N–H and O–H groups in total. The number of anilines is 2. The molecule has 10 heteroatoms. The molecule has 0 unspecified atom stereocenters. The number of hydrogen-bond acceptors (Lipinski definition) is 4. The third kappa shape index (κ3) is 6.22. The first-order chi connectivity index (χ1) is 15.4. The molecule has 1 aliphatic heterocycles. The van der Waals surface area contributed by atoms with Gasteiger partial charge < -0.3 is 25.8 Å². The molecule has 2 heterocycles. The minimum atomic E-state index is -0.227. The quantitative estimate of drug-likeness (QED) is 0.469. The van der Waals surface area contributed by atoms with Gasteiger partial charge >= 0.3 is 6.03 Å². The van der Waals surface area contributed by atoms with Crippen molar-refractivity contribution in [2.24, 2.45) is 12.0 Å². The zero-order valence-electron chi connectivity index (χ0n) is 19.1. The molecule has 3 rings (SSSR count). The van der Waals surface area contributed by atoms with Crippen molar-refractivity contribution in [1.82, 2.24) is 25.3 Å². The Morgan fingerprint density at radius 1 is 1.22 bits per heavy atom. The minimum absolute atomic E-state index is 0.0185. The number of rotatable bonds is 6. The summed E-state index contributed by atoms with van der Waals surface area (Å²) in [6, 6.07) is 7.43. The smallest absolute Gasteiger partial charge is 0.319 e. The number of carbonyl (C=O) groups excluding carboxylic acids is 2. The summed E-state index contributed by atoms with van der Waals surface area (Å²) in [7, 11) is 1.84. The molecule has 0 bridgehead atoms. The van der Waals surface area contributed by atoms with E-state index in [1.165, 1.54) is 0 Å². The lowest BCUT2D eigenvalue weighted by Gasteiger charge is -2.35. The van der Waals surface area contributed by atoms with Crippen LogP contribution in [0, 0.1) is 0 Å². The van der Waals surface area contributed by atoms with Crippen molar-refractivity contribution in [3.63, 3.8) is 0 Å². The maximum Gasteiger partial charge on any atom is 0.319 e. The Bertz CT molecular complexity index is 951. The molecule has 3 amide bonds. The average molecular weight is 441 g/mol. The van der Waals surface area contributed by atoms with Crippen molar-refractivity contribution in [1.29, 1.82) is 0 Å². The Morgan fingerprint density at radius 2 is 1.97 bits per heavy atom. The standard InChI is InChI=1S/C22H32N8O2/c1-5-23-21(29-10-11-30(20(31)15-29)19-13-25-28(4)14-19)24-12-17-6-8-18(9-7-17)27-22(32)26-16(2)3/h6-9,13-14,16H,5,10-12,15H2,1-4H3,(H,23,24)(H2,26,27,32). The van der Waals surface area contributed by atoms with E-state index in [0.29, 0.717) is 32.1 Å². The van der Waals surface area contributed by atoms with Gasteiger partial charge in [0.1, 0.15) is 6.54 Å². The van der Waals surface area contributed by atoms with E-state index in [9.17, 15) is 9.59 Å². The van der Waals surface area contributed by atoms with Crippen molar-refractivity contribution in [3.05, 3.63) is 42.2 Å². The monoisotopic (exact) mass is 440 g/mol. The van der Waals surface area contributed by atoms with Crippen LogP contribution in [0.15, 0.2) is 41.7 Å². The number of aryl methyl sites for hydroxylation is 1. The molecule has 1 aromatic carbocycles. The van der Waals surface area contributed by atoms with Gasteiger partial charge in [0.05, 0.1) is 18.4 Å². The molecule has 1 saturated heterocycles. The summed E-state index contributed by atoms with van der Waals surface area (Å²) in [5.41, 5.74) is 2.55. The van der Waals surface area contributed by atoms with Gasteiger partial charge in [-0.05, 0) is 38.5 Å². The molecule has 0 spiro atoms. The van der Waals surface area contributed by atoms with Gasteiger partial charge in [-0.3, -0.25) is 9.48 Å². The number of nitrogens with one attached hydrogen (secondary N) is 3. The lowest BCUT2D eigenvalue weighted by Crippen LogP contribution is -2.55. The fraction of sp³-hybridized carbons (Fsp3) is 0.455. The highest BCUT2D eigenvalue weighted by molar-refractivity contribution is 5.98. The topological polar surface area (TPSA) is 107 Å². The number of amides is 3. The van der Waals surface area contributed by atoms with E-state index in [1.807, 2.05) is 63.2 Å². The van der Waals surface area contributed by atoms with Gasteiger partial charge in [-0.25, -0.2) is 9.79 Å². The SMILES string of the molecule is CCNC(=NCc1ccc(NC(=O)NC(C)C)cc1)N1CCN(c2cnn(C)c2)C(=O)C1. The Hall–Kier alpha value is -3.56. The fourth-order valence-electron chi connectivity index (χ4n) is 3.39. The Kier molecular flexibility index (Phi) is 7.69. The largest absolute Gasteiger partial charge is 0.356 e. The molecular formula is C22H32N8O2. The van der Waals surface area contributed by atoms with Crippen LogP contribution in [-0.4, -0.2) is 64.8 Å². The highest BCUT2D eigenvalue weighted by Gasteiger charge is 2.27. The minimum Gasteiger partial charge on any atom is -0.356 e. The van der Waals surface area contributed by atoms with Crippen LogP contribution in [0.1, 0.15) is 26.3 Å². The van der Waals surface area contributed by atoms with Crippen molar-refractivity contribution < 1.29 is 9.59 Å². The Balaban J connectivity index is 1.60. The molecule has 0 saturated carbocycles. The van der Waals surface area contributed by atoms with Gasteiger partial charge in [-0.15, -0.1) is 0 Å². The predicted octanol–water partition coefficient (Wildman–Crippen LogP) is 1.76. The van der Waals surface area contributed by atoms with Crippen molar-refractivity contribution >= 4 is 29.3 Å². The van der Waals surface area contributed by atoms with Gasteiger partial charge in [0.2, 0.25) is 5.91 Å². The molecule has 0 atom stereocenters. The third-order valence-corrected chi connectivity index (χ3v) is 4.90. The maximum absolute atomic E-state index is 12.7. The lowest BCUT2D eigenvalue weighted by molar-refractivity contribution is -0.120. The predicted molar refractivity (Wildman–Crippen MR) is 126 cm³/mol. The summed E-state index contributed by atoms with van der Waals surface area (Å²) in [5.74, 6) is 0.732. The van der Waals surface area contributed by atoms with E-state index in [-0.39, 0.29) is 24.5 Å². The van der Waals surface area contributed by atoms with E-state index < -0.39 is 0 Å². The second-order valence-corrected chi connectivity index (χ2v) is 7.96. The van der Waals surface area contributed by atoms with Gasteiger partial charge in [-0.2, -0.15) is 5.10 Å². The van der Waals surface area contributed by atoms with Gasteiger partial charge in [0.25, 0.3) is 0 Å². The summed E-state index contributed by atoms with van der Waals surface area (Å²) < 4.78 is 1.69. The number of guanidine groups is 1. The number of urea groups is 1. The average Bonchev–Trinajstić information content (AvgIpc) is 3.17. The number of hydrogen-bond donors (Lipinski definition) is 3. The number of carbonyl (C=O) groups is 2. The van der Waals surface area contributed by atoms with Crippen LogP contribution in [0.5, 0.6) is 0 Å². The first-order valence-corrected chi connectivity index (χ1v) is 10.8. The molecule has 1 fully saturated rings. The van der Waals surface area contributed by atoms with Gasteiger partial charge in [0.15, 0.2) is 5.96 Å². The van der Waals surface area contributed by atoms with Crippen LogP contribution in [-0.2, 0) is 18.4 Å². The molecule has 32 heavy (non-hydrogen) atoms. The van der Waals surface area contributed by atoms with Crippen molar-refractivity contribution in [2.45, 2.75) is 33.4 Å². The molecule has 0 radical (unpaired) electrons. The lowest BCUT2D eigenvalue weighted by atomic mass is 10.2. The first kappa shape index (κ1) is 23.1. The molecule has 1 aliphatic rings. The second kappa shape index (κ2) is 10.7. The Labute approximate surface area is 188 Å². The normalized spacial score (nSPS) is 14.7. The van der Waals surface area contributed by atoms with Crippen LogP contribution in [0.2, 0.25) is 0 Å². The van der Waals surface area contributed by atoms with Crippen LogP contribution >= 0.6 is 0 Å². The number of nitrogens with zero attached hydrogens (tertiary/aromatic N) is 5. The summed E-state index contributed by atoms with van der Waals surface area (Å²) >= 11 is 0. The fourth-order valence-corrected chi connectivity index (χ4v) is 3.39. The van der Waals surface area contributed by atoms with E-state index in [0.717, 1.165) is 16.9 Å². The number of benzene rings is 1. The van der Waals surface area contributed by atoms with Crippen LogP contribution in [0.25, 0.3) is 0 Å². The molecule has 172 valence electrons. The molecular weight excluding hydrogens is 408 g/mol. The molecule has 10 nitrogen and oxygen atoms in total. The van der Waals surface area contributed by atoms with Gasteiger partial charge in [0, 0.05) is 44.6 Å². The summed E-state index contributed by atoms with van der Waals surface area (Å²) in [4.78, 5) is 33.0. The second-order valence-electron chi connectivity index (χ2n) is 7.96. The molecule has 1 aromatic heterocycles. The van der Waals surface area contributed by atoms with E-state index in [4.69, 9.17) is 4.99 Å². The Morgan fingerprint density at radius 3 is 2.56 bits per heavy atom. The van der Waals surface area contributed by atoms with E-state index in [2.05, 4.69) is 21.0 Å². The third-order valence-electron chi connectivity index (χ3n) is 4.90. The van der Waals surface area contributed by atoms with Crippen molar-refractivity contribution in [3.8, 4) is 0 Å². The zero-order valence-corrected chi connectivity index (χ0v) is 19.1. The van der Waals surface area contributed by atoms with Crippen LogP contribution in [0.4, 0.5) is 16.2 Å². The van der Waals surface area contributed by atoms with E-state index in [1.54, 1.807) is 15.8 Å². The number of aromatic nitrogens is 2. The van der Waals surface area contributed by atoms with Crippen LogP contribution < -0.4 is 20.9 Å². The number of piperazine rings is 1.